The van der Waals surface area contributed by atoms with Gasteiger partial charge in [0.25, 0.3) is 0 Å². The third-order valence-corrected chi connectivity index (χ3v) is 2.30. The van der Waals surface area contributed by atoms with E-state index in [9.17, 15) is 9.18 Å². The maximum atomic E-state index is 13.2. The molecule has 2 rings (SSSR count). The number of rotatable bonds is 3. The van der Waals surface area contributed by atoms with Crippen LogP contribution in [0.2, 0.25) is 0 Å². The Hall–Kier alpha value is -2.30. The smallest absolute Gasteiger partial charge is 0.357 e. The molecule has 0 saturated carbocycles. The Kier molecular flexibility index (Phi) is 3.62. The number of hydrogen-bond acceptors (Lipinski definition) is 4. The third-order valence-electron chi connectivity index (χ3n) is 2.30. The van der Waals surface area contributed by atoms with E-state index >= 15 is 0 Å². The molecule has 18 heavy (non-hydrogen) atoms. The Balaban J connectivity index is 2.51. The molecule has 5 heteroatoms. The fourth-order valence-electron chi connectivity index (χ4n) is 1.54. The molecular formula is C13H11FN2O2. The first kappa shape index (κ1) is 12.2. The highest BCUT2D eigenvalue weighted by Gasteiger charge is 2.16. The molecule has 0 aliphatic rings. The van der Waals surface area contributed by atoms with E-state index in [1.807, 2.05) is 0 Å². The largest absolute Gasteiger partial charge is 0.461 e. The van der Waals surface area contributed by atoms with Crippen LogP contribution >= 0.6 is 0 Å². The van der Waals surface area contributed by atoms with Crippen LogP contribution in [0.4, 0.5) is 4.39 Å². The van der Waals surface area contributed by atoms with E-state index in [1.54, 1.807) is 31.5 Å². The Bertz CT molecular complexity index is 558. The second-order valence-corrected chi connectivity index (χ2v) is 3.51. The summed E-state index contributed by atoms with van der Waals surface area (Å²) in [5, 5.41) is 0. The molecule has 2 aromatic rings. The van der Waals surface area contributed by atoms with Gasteiger partial charge in [-0.15, -0.1) is 0 Å². The van der Waals surface area contributed by atoms with Gasteiger partial charge in [-0.05, 0) is 19.1 Å². The highest BCUT2D eigenvalue weighted by Crippen LogP contribution is 2.22. The van der Waals surface area contributed by atoms with Gasteiger partial charge in [0.05, 0.1) is 12.8 Å². The minimum atomic E-state index is -0.573. The average molecular weight is 246 g/mol. The highest BCUT2D eigenvalue weighted by molar-refractivity contribution is 5.95. The number of carbonyl (C=O) groups excluding carboxylic acids is 1. The van der Waals surface area contributed by atoms with Gasteiger partial charge in [-0.2, -0.15) is 0 Å². The number of hydrogen-bond donors (Lipinski definition) is 0. The van der Waals surface area contributed by atoms with Crippen molar-refractivity contribution in [1.82, 2.24) is 9.97 Å². The average Bonchev–Trinajstić information content (AvgIpc) is 2.40. The molecule has 2 heterocycles. The normalized spacial score (nSPS) is 10.1. The maximum absolute atomic E-state index is 13.2. The molecule has 0 atom stereocenters. The van der Waals surface area contributed by atoms with E-state index in [4.69, 9.17) is 4.74 Å². The van der Waals surface area contributed by atoms with Gasteiger partial charge in [0.15, 0.2) is 5.69 Å². The number of halogens is 1. The van der Waals surface area contributed by atoms with Crippen LogP contribution in [-0.4, -0.2) is 22.5 Å². The summed E-state index contributed by atoms with van der Waals surface area (Å²) in [4.78, 5) is 19.5. The number of ether oxygens (including phenoxy) is 1. The van der Waals surface area contributed by atoms with E-state index in [0.29, 0.717) is 11.1 Å². The molecule has 0 spiro atoms. The first-order valence-corrected chi connectivity index (χ1v) is 5.45. The van der Waals surface area contributed by atoms with Crippen molar-refractivity contribution in [3.63, 3.8) is 0 Å². The number of carbonyl (C=O) groups is 1. The standard InChI is InChI=1S/C13H11FN2O2/c1-2-18-13(17)12-11(6-10(14)8-16-12)9-4-3-5-15-7-9/h3-8H,2H2,1H3. The zero-order valence-corrected chi connectivity index (χ0v) is 9.76. The topological polar surface area (TPSA) is 52.1 Å². The fourth-order valence-corrected chi connectivity index (χ4v) is 1.54. The highest BCUT2D eigenvalue weighted by atomic mass is 19.1. The minimum absolute atomic E-state index is 0.0891. The summed E-state index contributed by atoms with van der Waals surface area (Å²) >= 11 is 0. The molecule has 0 fully saturated rings. The quantitative estimate of drug-likeness (QED) is 0.780. The molecule has 2 aromatic heterocycles. The van der Waals surface area contributed by atoms with E-state index in [-0.39, 0.29) is 12.3 Å². The van der Waals surface area contributed by atoms with Gasteiger partial charge in [-0.3, -0.25) is 4.98 Å². The van der Waals surface area contributed by atoms with Crippen LogP contribution in [0.15, 0.2) is 36.8 Å². The van der Waals surface area contributed by atoms with Crippen molar-refractivity contribution < 1.29 is 13.9 Å². The van der Waals surface area contributed by atoms with Gasteiger partial charge in [-0.25, -0.2) is 14.2 Å². The van der Waals surface area contributed by atoms with Crippen LogP contribution in [0.3, 0.4) is 0 Å². The minimum Gasteiger partial charge on any atom is -0.461 e. The predicted molar refractivity (Wildman–Crippen MR) is 63.4 cm³/mol. The van der Waals surface area contributed by atoms with E-state index in [0.717, 1.165) is 6.20 Å². The molecule has 0 N–H and O–H groups in total. The summed E-state index contributed by atoms with van der Waals surface area (Å²) in [6, 6.07) is 4.68. The summed E-state index contributed by atoms with van der Waals surface area (Å²) in [5.41, 5.74) is 1.08. The second-order valence-electron chi connectivity index (χ2n) is 3.51. The van der Waals surface area contributed by atoms with Crippen molar-refractivity contribution in [2.24, 2.45) is 0 Å². The lowest BCUT2D eigenvalue weighted by Crippen LogP contribution is -2.09. The first-order chi connectivity index (χ1) is 8.72. The van der Waals surface area contributed by atoms with Crippen LogP contribution in [0.25, 0.3) is 11.1 Å². The van der Waals surface area contributed by atoms with E-state index < -0.39 is 11.8 Å². The molecule has 0 saturated heterocycles. The van der Waals surface area contributed by atoms with E-state index in [1.165, 1.54) is 6.07 Å². The van der Waals surface area contributed by atoms with Gasteiger partial charge >= 0.3 is 5.97 Å². The third kappa shape index (κ3) is 2.51. The lowest BCUT2D eigenvalue weighted by atomic mass is 10.1. The number of esters is 1. The van der Waals surface area contributed by atoms with Gasteiger partial charge in [0, 0.05) is 23.5 Å². The summed E-state index contributed by atoms with van der Waals surface area (Å²) in [5.74, 6) is -1.08. The van der Waals surface area contributed by atoms with Crippen LogP contribution < -0.4 is 0 Å². The number of nitrogens with zero attached hydrogens (tertiary/aromatic N) is 2. The van der Waals surface area contributed by atoms with Gasteiger partial charge < -0.3 is 4.74 Å². The SMILES string of the molecule is CCOC(=O)c1ncc(F)cc1-c1cccnc1. The molecule has 0 amide bonds. The lowest BCUT2D eigenvalue weighted by molar-refractivity contribution is 0.0520. The zero-order valence-electron chi connectivity index (χ0n) is 9.76. The van der Waals surface area contributed by atoms with Crippen LogP contribution in [0.5, 0.6) is 0 Å². The van der Waals surface area contributed by atoms with Crippen molar-refractivity contribution in [2.45, 2.75) is 6.92 Å². The maximum Gasteiger partial charge on any atom is 0.357 e. The van der Waals surface area contributed by atoms with Crippen LogP contribution in [0, 0.1) is 5.82 Å². The molecule has 4 nitrogen and oxygen atoms in total. The monoisotopic (exact) mass is 246 g/mol. The van der Waals surface area contributed by atoms with Crippen molar-refractivity contribution in [3.8, 4) is 11.1 Å². The van der Waals surface area contributed by atoms with Crippen molar-refractivity contribution in [1.29, 1.82) is 0 Å². The van der Waals surface area contributed by atoms with Crippen molar-refractivity contribution >= 4 is 5.97 Å². The molecule has 0 radical (unpaired) electrons. The summed E-state index contributed by atoms with van der Waals surface area (Å²) in [7, 11) is 0. The molecule has 0 aromatic carbocycles. The molecule has 0 aliphatic carbocycles. The lowest BCUT2D eigenvalue weighted by Gasteiger charge is -2.07. The Morgan fingerprint density at radius 2 is 2.28 bits per heavy atom. The number of aromatic nitrogens is 2. The summed E-state index contributed by atoms with van der Waals surface area (Å²) < 4.78 is 18.1. The second kappa shape index (κ2) is 5.35. The molecule has 0 aliphatic heterocycles. The molecule has 92 valence electrons. The van der Waals surface area contributed by atoms with Crippen molar-refractivity contribution in [3.05, 3.63) is 48.3 Å². The first-order valence-electron chi connectivity index (χ1n) is 5.45. The Labute approximate surface area is 103 Å². The summed E-state index contributed by atoms with van der Waals surface area (Å²) in [6.07, 6.45) is 4.13. The predicted octanol–water partition coefficient (Wildman–Crippen LogP) is 2.46. The van der Waals surface area contributed by atoms with Crippen LogP contribution in [-0.2, 0) is 4.74 Å². The van der Waals surface area contributed by atoms with Crippen molar-refractivity contribution in [2.75, 3.05) is 6.61 Å². The molecule has 0 unspecified atom stereocenters. The van der Waals surface area contributed by atoms with Gasteiger partial charge in [0.2, 0.25) is 0 Å². The van der Waals surface area contributed by atoms with Gasteiger partial charge in [-0.1, -0.05) is 6.07 Å². The zero-order chi connectivity index (χ0) is 13.0. The Morgan fingerprint density at radius 3 is 2.94 bits per heavy atom. The fraction of sp³-hybridized carbons (Fsp3) is 0.154. The van der Waals surface area contributed by atoms with Crippen LogP contribution in [0.1, 0.15) is 17.4 Å². The number of pyridine rings is 2. The molecular weight excluding hydrogens is 235 g/mol. The molecule has 0 bridgehead atoms. The van der Waals surface area contributed by atoms with E-state index in [2.05, 4.69) is 9.97 Å². The van der Waals surface area contributed by atoms with Gasteiger partial charge in [0.1, 0.15) is 5.82 Å². The summed E-state index contributed by atoms with van der Waals surface area (Å²) in [6.45, 7) is 1.94. The Morgan fingerprint density at radius 1 is 1.44 bits per heavy atom.